The molecule has 1 aliphatic carbocycles. The van der Waals surface area contributed by atoms with E-state index >= 15 is 0 Å². The van der Waals surface area contributed by atoms with Crippen LogP contribution in [0.3, 0.4) is 0 Å². The van der Waals surface area contributed by atoms with Crippen LogP contribution in [0.1, 0.15) is 60.3 Å². The lowest BCUT2D eigenvalue weighted by atomic mass is 9.75. The van der Waals surface area contributed by atoms with E-state index in [4.69, 9.17) is 4.74 Å². The first-order valence-electron chi connectivity index (χ1n) is 8.90. The average molecular weight is 332 g/mol. The molecule has 2 bridgehead atoms. The summed E-state index contributed by atoms with van der Waals surface area (Å²) in [6, 6.07) is 0. The molecule has 0 unspecified atom stereocenters. The Kier molecular flexibility index (Phi) is 3.93. The molecule has 1 saturated heterocycles. The van der Waals surface area contributed by atoms with Gasteiger partial charge in [-0.05, 0) is 62.7 Å². The first-order valence-corrected chi connectivity index (χ1v) is 8.90. The number of rotatable bonds is 0. The number of hydrogen-bond acceptors (Lipinski definition) is 4. The molecule has 2 aliphatic heterocycles. The molecule has 0 aromatic heterocycles. The van der Waals surface area contributed by atoms with E-state index in [0.29, 0.717) is 12.0 Å². The van der Waals surface area contributed by atoms with Gasteiger partial charge in [-0.2, -0.15) is 0 Å². The fraction of sp³-hybridized carbons (Fsp3) is 0.700. The van der Waals surface area contributed by atoms with E-state index in [1.807, 2.05) is 13.8 Å². The number of ether oxygens (including phenoxy) is 1. The molecule has 0 aromatic rings. The van der Waals surface area contributed by atoms with Crippen LogP contribution in [0, 0.1) is 11.3 Å². The van der Waals surface area contributed by atoms with Crippen molar-refractivity contribution in [3.05, 3.63) is 23.3 Å². The summed E-state index contributed by atoms with van der Waals surface area (Å²) in [6.07, 6.45) is 6.48. The van der Waals surface area contributed by atoms with Crippen LogP contribution in [0.25, 0.3) is 0 Å². The van der Waals surface area contributed by atoms with E-state index in [1.165, 1.54) is 6.08 Å². The summed E-state index contributed by atoms with van der Waals surface area (Å²) < 4.78 is 6.33. The fourth-order valence-corrected chi connectivity index (χ4v) is 4.30. The molecule has 0 spiro atoms. The number of fused-ring (bicyclic) bond motifs is 3. The molecule has 3 rings (SSSR count). The maximum absolute atomic E-state index is 13.0. The summed E-state index contributed by atoms with van der Waals surface area (Å²) in [5, 5.41) is 11.1. The third-order valence-electron chi connectivity index (χ3n) is 6.12. The van der Waals surface area contributed by atoms with Crippen molar-refractivity contribution in [3.8, 4) is 0 Å². The highest BCUT2D eigenvalue weighted by Gasteiger charge is 2.51. The summed E-state index contributed by atoms with van der Waals surface area (Å²) >= 11 is 0. The second-order valence-corrected chi connectivity index (χ2v) is 8.73. The Bertz CT molecular complexity index is 657. The van der Waals surface area contributed by atoms with Crippen LogP contribution in [0.2, 0.25) is 0 Å². The van der Waals surface area contributed by atoms with Gasteiger partial charge >= 0.3 is 0 Å². The van der Waals surface area contributed by atoms with Gasteiger partial charge in [0.25, 0.3) is 0 Å². The Hall–Kier alpha value is -1.26. The molecule has 2 heterocycles. The van der Waals surface area contributed by atoms with E-state index in [0.717, 1.165) is 19.3 Å². The van der Waals surface area contributed by atoms with Crippen LogP contribution in [-0.4, -0.2) is 34.0 Å². The zero-order chi connectivity index (χ0) is 17.9. The number of allylic oxidation sites excluding steroid dienone is 1. The fourth-order valence-electron chi connectivity index (χ4n) is 4.30. The van der Waals surface area contributed by atoms with Gasteiger partial charge in [-0.15, -0.1) is 0 Å². The van der Waals surface area contributed by atoms with Crippen molar-refractivity contribution in [3.63, 3.8) is 0 Å². The Morgan fingerprint density at radius 3 is 2.46 bits per heavy atom. The predicted octanol–water partition coefficient (Wildman–Crippen LogP) is 3.14. The zero-order valence-electron chi connectivity index (χ0n) is 15.3. The highest BCUT2D eigenvalue weighted by molar-refractivity contribution is 6.19. The molecule has 1 fully saturated rings. The van der Waals surface area contributed by atoms with Crippen LogP contribution < -0.4 is 0 Å². The van der Waals surface area contributed by atoms with E-state index in [9.17, 15) is 14.7 Å². The topological polar surface area (TPSA) is 63.6 Å². The van der Waals surface area contributed by atoms with Gasteiger partial charge in [-0.1, -0.05) is 20.8 Å². The standard InChI is InChI=1S/C20H28O4/c1-12-6-8-18(3,4)15-7-9-19(5,24-15)11-14-16(21)13(2)10-20(14,23)17(12)22/h10-12,15,23H,6-9H2,1-5H3/b14-11-/t12-,15+,19+,20+/m1/s1. The Morgan fingerprint density at radius 2 is 1.79 bits per heavy atom. The molecule has 0 amide bonds. The lowest BCUT2D eigenvalue weighted by Crippen LogP contribution is -2.42. The number of aliphatic hydroxyl groups is 1. The highest BCUT2D eigenvalue weighted by atomic mass is 16.5. The van der Waals surface area contributed by atoms with Crippen molar-refractivity contribution < 1.29 is 19.4 Å². The smallest absolute Gasteiger partial charge is 0.188 e. The van der Waals surface area contributed by atoms with Gasteiger partial charge < -0.3 is 9.84 Å². The quantitative estimate of drug-likeness (QED) is 0.740. The van der Waals surface area contributed by atoms with Crippen molar-refractivity contribution in [1.29, 1.82) is 0 Å². The lowest BCUT2D eigenvalue weighted by molar-refractivity contribution is -0.135. The summed E-state index contributed by atoms with van der Waals surface area (Å²) in [5.41, 5.74) is -1.85. The number of Topliss-reactive ketones (excluding diaryl/α,β-unsaturated/α-hetero) is 2. The van der Waals surface area contributed by atoms with Crippen molar-refractivity contribution in [2.75, 3.05) is 0 Å². The minimum atomic E-state index is -1.81. The molecule has 4 nitrogen and oxygen atoms in total. The van der Waals surface area contributed by atoms with Crippen LogP contribution in [0.4, 0.5) is 0 Å². The summed E-state index contributed by atoms with van der Waals surface area (Å²) in [5.74, 6) is -0.835. The molecule has 1 N–H and O–H groups in total. The molecule has 0 radical (unpaired) electrons. The SMILES string of the molecule is CC1=C[C@@]2(O)C(=O)[C@H](C)CCC(C)(C)[C@@H]3CC[C@@](C)(/C=C\2C1=O)O3. The Labute approximate surface area is 144 Å². The van der Waals surface area contributed by atoms with E-state index in [-0.39, 0.29) is 34.6 Å². The molecule has 3 aliphatic rings. The van der Waals surface area contributed by atoms with Crippen LogP contribution in [0.15, 0.2) is 23.3 Å². The Balaban J connectivity index is 2.12. The number of carbonyl (C=O) groups excluding carboxylic acids is 2. The largest absolute Gasteiger partial charge is 0.373 e. The molecular formula is C20H28O4. The molecule has 4 heteroatoms. The van der Waals surface area contributed by atoms with Gasteiger partial charge in [0, 0.05) is 11.5 Å². The van der Waals surface area contributed by atoms with Crippen molar-refractivity contribution in [1.82, 2.24) is 0 Å². The molecule has 24 heavy (non-hydrogen) atoms. The first kappa shape index (κ1) is 17.6. The Morgan fingerprint density at radius 1 is 1.12 bits per heavy atom. The molecule has 0 saturated carbocycles. The second-order valence-electron chi connectivity index (χ2n) is 8.73. The van der Waals surface area contributed by atoms with Gasteiger partial charge in [0.05, 0.1) is 11.7 Å². The summed E-state index contributed by atoms with van der Waals surface area (Å²) in [4.78, 5) is 25.5. The molecule has 132 valence electrons. The summed E-state index contributed by atoms with van der Waals surface area (Å²) in [7, 11) is 0. The average Bonchev–Trinajstić information content (AvgIpc) is 2.99. The van der Waals surface area contributed by atoms with Gasteiger partial charge in [-0.25, -0.2) is 0 Å². The van der Waals surface area contributed by atoms with Crippen LogP contribution in [0.5, 0.6) is 0 Å². The number of hydrogen-bond donors (Lipinski definition) is 1. The third-order valence-corrected chi connectivity index (χ3v) is 6.12. The van der Waals surface area contributed by atoms with Crippen molar-refractivity contribution in [2.24, 2.45) is 11.3 Å². The monoisotopic (exact) mass is 332 g/mol. The van der Waals surface area contributed by atoms with Crippen molar-refractivity contribution in [2.45, 2.75) is 77.6 Å². The zero-order valence-corrected chi connectivity index (χ0v) is 15.3. The van der Waals surface area contributed by atoms with Gasteiger partial charge in [0.15, 0.2) is 17.2 Å². The van der Waals surface area contributed by atoms with E-state index < -0.39 is 11.2 Å². The molecule has 4 atom stereocenters. The maximum Gasteiger partial charge on any atom is 0.188 e. The van der Waals surface area contributed by atoms with Gasteiger partial charge in [0.2, 0.25) is 0 Å². The maximum atomic E-state index is 13.0. The summed E-state index contributed by atoms with van der Waals surface area (Å²) in [6.45, 7) is 9.80. The third kappa shape index (κ3) is 2.60. The molecular weight excluding hydrogens is 304 g/mol. The van der Waals surface area contributed by atoms with Gasteiger partial charge in [-0.3, -0.25) is 9.59 Å². The second kappa shape index (κ2) is 5.37. The van der Waals surface area contributed by atoms with E-state index in [1.54, 1.807) is 13.0 Å². The first-order chi connectivity index (χ1) is 11.0. The minimum Gasteiger partial charge on any atom is -0.373 e. The van der Waals surface area contributed by atoms with Crippen molar-refractivity contribution >= 4 is 11.6 Å². The predicted molar refractivity (Wildman–Crippen MR) is 91.5 cm³/mol. The van der Waals surface area contributed by atoms with Gasteiger partial charge in [0.1, 0.15) is 0 Å². The number of carbonyl (C=O) groups is 2. The highest BCUT2D eigenvalue weighted by Crippen LogP contribution is 2.46. The number of ketones is 2. The van der Waals surface area contributed by atoms with E-state index in [2.05, 4.69) is 13.8 Å². The van der Waals surface area contributed by atoms with Crippen LogP contribution in [-0.2, 0) is 14.3 Å². The lowest BCUT2D eigenvalue weighted by Gasteiger charge is -2.33. The van der Waals surface area contributed by atoms with Crippen LogP contribution >= 0.6 is 0 Å². The minimum absolute atomic E-state index is 0.0390. The molecule has 0 aromatic carbocycles. The normalized spacial score (nSPS) is 44.4.